The zero-order chi connectivity index (χ0) is 9.97. The molecule has 6 nitrogen and oxygen atoms in total. The van der Waals surface area contributed by atoms with Gasteiger partial charge in [0.25, 0.3) is 0 Å². The zero-order valence-corrected chi connectivity index (χ0v) is 8.10. The lowest BCUT2D eigenvalue weighted by atomic mass is 10.3. The van der Waals surface area contributed by atoms with Crippen LogP contribution in [-0.4, -0.2) is 35.0 Å². The summed E-state index contributed by atoms with van der Waals surface area (Å²) in [7, 11) is 0. The summed E-state index contributed by atoms with van der Waals surface area (Å²) in [5.74, 6) is 0.338. The van der Waals surface area contributed by atoms with Crippen LogP contribution in [0.2, 0.25) is 0 Å². The normalized spacial score (nSPS) is 19.7. The molecule has 2 heterocycles. The molecule has 1 fully saturated rings. The maximum absolute atomic E-state index is 9.22. The monoisotopic (exact) mass is 198 g/mol. The van der Waals surface area contributed by atoms with Crippen molar-refractivity contribution >= 4 is 6.01 Å². The van der Waals surface area contributed by atoms with Gasteiger partial charge in [0.2, 0.25) is 5.82 Å². The minimum atomic E-state index is -0.676. The maximum Gasteiger partial charge on any atom is 0.325 e. The van der Waals surface area contributed by atoms with E-state index < -0.39 is 6.10 Å². The Hall–Kier alpha value is -1.14. The number of nitrogens with one attached hydrogen (secondary N) is 1. The molecule has 0 aliphatic carbocycles. The molecule has 1 aromatic rings. The average molecular weight is 198 g/mol. The van der Waals surface area contributed by atoms with Crippen LogP contribution in [-0.2, 0) is 0 Å². The highest BCUT2D eigenvalue weighted by molar-refractivity contribution is 5.25. The Morgan fingerprint density at radius 2 is 2.50 bits per heavy atom. The number of nitrogens with zero attached hydrogens (tertiary/aromatic N) is 3. The van der Waals surface area contributed by atoms with Gasteiger partial charge >= 0.3 is 6.01 Å². The third-order valence-electron chi connectivity index (χ3n) is 2.16. The van der Waals surface area contributed by atoms with E-state index in [9.17, 15) is 5.11 Å². The van der Waals surface area contributed by atoms with Crippen LogP contribution >= 0.6 is 0 Å². The smallest absolute Gasteiger partial charge is 0.325 e. The quantitative estimate of drug-likeness (QED) is 0.690. The van der Waals surface area contributed by atoms with Gasteiger partial charge in [0, 0.05) is 6.54 Å². The first-order valence-electron chi connectivity index (χ1n) is 4.74. The van der Waals surface area contributed by atoms with Crippen molar-refractivity contribution in [1.29, 1.82) is 0 Å². The topological polar surface area (TPSA) is 74.4 Å². The number of rotatable bonds is 2. The van der Waals surface area contributed by atoms with Crippen LogP contribution in [0.3, 0.4) is 0 Å². The number of aromatic nitrogens is 2. The van der Waals surface area contributed by atoms with E-state index >= 15 is 0 Å². The van der Waals surface area contributed by atoms with Crippen LogP contribution in [0.1, 0.15) is 25.3 Å². The summed E-state index contributed by atoms with van der Waals surface area (Å²) < 4.78 is 5.03. The van der Waals surface area contributed by atoms with Crippen LogP contribution in [0.25, 0.3) is 0 Å². The Morgan fingerprint density at radius 1 is 1.64 bits per heavy atom. The lowest BCUT2D eigenvalue weighted by Crippen LogP contribution is -2.41. The van der Waals surface area contributed by atoms with Crippen LogP contribution in [0, 0.1) is 0 Å². The second kappa shape index (κ2) is 3.93. The van der Waals surface area contributed by atoms with Crippen molar-refractivity contribution < 1.29 is 9.63 Å². The lowest BCUT2D eigenvalue weighted by Gasteiger charge is -2.24. The van der Waals surface area contributed by atoms with Gasteiger partial charge in [0.15, 0.2) is 0 Å². The fourth-order valence-corrected chi connectivity index (χ4v) is 1.38. The van der Waals surface area contributed by atoms with Crippen molar-refractivity contribution in [3.8, 4) is 0 Å². The Balaban J connectivity index is 2.07. The summed E-state index contributed by atoms with van der Waals surface area (Å²) in [5.41, 5.74) is 0. The maximum atomic E-state index is 9.22. The lowest BCUT2D eigenvalue weighted by molar-refractivity contribution is 0.184. The molecule has 2 N–H and O–H groups in total. The minimum absolute atomic E-state index is 0.338. The highest BCUT2D eigenvalue weighted by Crippen LogP contribution is 2.15. The molecule has 0 saturated carbocycles. The van der Waals surface area contributed by atoms with E-state index in [1.165, 1.54) is 0 Å². The zero-order valence-electron chi connectivity index (χ0n) is 8.10. The second-order valence-electron chi connectivity index (χ2n) is 3.39. The van der Waals surface area contributed by atoms with Gasteiger partial charge in [-0.3, -0.25) is 5.32 Å². The van der Waals surface area contributed by atoms with Gasteiger partial charge in [0.05, 0.1) is 6.67 Å². The van der Waals surface area contributed by atoms with Crippen molar-refractivity contribution in [2.24, 2.45) is 0 Å². The van der Waals surface area contributed by atoms with Gasteiger partial charge in [-0.25, -0.2) is 0 Å². The third-order valence-corrected chi connectivity index (χ3v) is 2.16. The Morgan fingerprint density at radius 3 is 3.07 bits per heavy atom. The molecule has 0 bridgehead atoms. The average Bonchev–Trinajstić information content (AvgIpc) is 2.68. The summed E-state index contributed by atoms with van der Waals surface area (Å²) in [6.45, 7) is 4.27. The molecular formula is C8H14N4O2. The van der Waals surface area contributed by atoms with E-state index in [2.05, 4.69) is 15.5 Å². The second-order valence-corrected chi connectivity index (χ2v) is 3.39. The van der Waals surface area contributed by atoms with Crippen LogP contribution in [0.5, 0.6) is 0 Å². The van der Waals surface area contributed by atoms with Gasteiger partial charge in [-0.15, -0.1) is 0 Å². The van der Waals surface area contributed by atoms with Crippen molar-refractivity contribution in [3.05, 3.63) is 5.82 Å². The highest BCUT2D eigenvalue weighted by atomic mass is 16.5. The summed E-state index contributed by atoms with van der Waals surface area (Å²) >= 11 is 0. The predicted molar refractivity (Wildman–Crippen MR) is 49.8 cm³/mol. The fraction of sp³-hybridized carbons (Fsp3) is 0.750. The molecule has 0 spiro atoms. The molecule has 1 aliphatic heterocycles. The number of hydrogen-bond acceptors (Lipinski definition) is 6. The van der Waals surface area contributed by atoms with Gasteiger partial charge in [-0.2, -0.15) is 4.98 Å². The first-order valence-corrected chi connectivity index (χ1v) is 4.74. The molecule has 6 heteroatoms. The number of aliphatic hydroxyl groups is 1. The molecule has 1 aromatic heterocycles. The molecule has 0 aromatic carbocycles. The summed E-state index contributed by atoms with van der Waals surface area (Å²) in [5, 5.41) is 16.1. The Bertz CT molecular complexity index is 293. The highest BCUT2D eigenvalue weighted by Gasteiger charge is 2.18. The minimum Gasteiger partial charge on any atom is -0.385 e. The van der Waals surface area contributed by atoms with E-state index in [4.69, 9.17) is 4.52 Å². The predicted octanol–water partition coefficient (Wildman–Crippen LogP) is -0.120. The molecule has 78 valence electrons. The van der Waals surface area contributed by atoms with Crippen LogP contribution in [0.4, 0.5) is 6.01 Å². The van der Waals surface area contributed by atoms with Crippen LogP contribution in [0.15, 0.2) is 4.52 Å². The van der Waals surface area contributed by atoms with E-state index in [1.54, 1.807) is 6.92 Å². The third kappa shape index (κ3) is 1.85. The van der Waals surface area contributed by atoms with Gasteiger partial charge in [-0.05, 0) is 19.9 Å². The fourth-order valence-electron chi connectivity index (χ4n) is 1.38. The van der Waals surface area contributed by atoms with E-state index in [1.807, 2.05) is 4.90 Å². The van der Waals surface area contributed by atoms with Crippen molar-refractivity contribution in [2.45, 2.75) is 19.4 Å². The molecule has 2 rings (SSSR count). The molecule has 1 atom stereocenters. The summed E-state index contributed by atoms with van der Waals surface area (Å²) in [6, 6.07) is 0.480. The number of anilines is 1. The molecular weight excluding hydrogens is 184 g/mol. The van der Waals surface area contributed by atoms with Crippen molar-refractivity contribution in [2.75, 3.05) is 24.7 Å². The van der Waals surface area contributed by atoms with Gasteiger partial charge in [0.1, 0.15) is 6.10 Å². The molecule has 14 heavy (non-hydrogen) atoms. The first kappa shape index (κ1) is 9.42. The van der Waals surface area contributed by atoms with E-state index in [0.29, 0.717) is 11.8 Å². The SMILES string of the molecule is CC(O)c1noc(N2CCCNC2)n1. The van der Waals surface area contributed by atoms with Crippen LogP contribution < -0.4 is 10.2 Å². The van der Waals surface area contributed by atoms with Crippen molar-refractivity contribution in [1.82, 2.24) is 15.5 Å². The van der Waals surface area contributed by atoms with E-state index in [0.717, 1.165) is 26.2 Å². The first-order chi connectivity index (χ1) is 6.77. The number of hydrogen-bond donors (Lipinski definition) is 2. The Kier molecular flexibility index (Phi) is 2.64. The largest absolute Gasteiger partial charge is 0.385 e. The molecule has 1 saturated heterocycles. The molecule has 0 amide bonds. The Labute approximate surface area is 81.9 Å². The summed E-state index contributed by atoms with van der Waals surface area (Å²) in [6.07, 6.45) is 0.386. The van der Waals surface area contributed by atoms with Gasteiger partial charge < -0.3 is 14.5 Å². The molecule has 1 unspecified atom stereocenters. The van der Waals surface area contributed by atoms with E-state index in [-0.39, 0.29) is 0 Å². The standard InChI is InChI=1S/C8H14N4O2/c1-6(13)7-10-8(14-11-7)12-4-2-3-9-5-12/h6,9,13H,2-5H2,1H3. The van der Waals surface area contributed by atoms with Gasteiger partial charge in [-0.1, -0.05) is 5.16 Å². The summed E-state index contributed by atoms with van der Waals surface area (Å²) in [4.78, 5) is 6.05. The molecule has 1 aliphatic rings. The number of aliphatic hydroxyl groups excluding tert-OH is 1. The molecule has 0 radical (unpaired) electrons. The van der Waals surface area contributed by atoms with Crippen molar-refractivity contribution in [3.63, 3.8) is 0 Å².